The second-order valence-corrected chi connectivity index (χ2v) is 20.4. The number of ether oxygens (including phenoxy) is 1. The zero-order valence-corrected chi connectivity index (χ0v) is 44.7. The van der Waals surface area contributed by atoms with Crippen LogP contribution >= 0.6 is 7.82 Å². The predicted molar refractivity (Wildman–Crippen MR) is 284 cm³/mol. The molecular weight excluding hydrogens is 856 g/mol. The van der Waals surface area contributed by atoms with Gasteiger partial charge in [-0.25, -0.2) is 0 Å². The molecule has 0 fully saturated rings. The number of hydrogen-bond donors (Lipinski definition) is 1. The summed E-state index contributed by atoms with van der Waals surface area (Å²) >= 11 is 0. The molecule has 0 saturated carbocycles. The van der Waals surface area contributed by atoms with Crippen LogP contribution in [-0.4, -0.2) is 69.4 Å². The first kappa shape index (κ1) is 64.2. The first-order valence-corrected chi connectivity index (χ1v) is 28.4. The van der Waals surface area contributed by atoms with Crippen LogP contribution in [0.5, 0.6) is 0 Å². The fraction of sp³-hybridized carbons (Fsp3) is 0.719. The van der Waals surface area contributed by atoms with Gasteiger partial charge in [0.05, 0.1) is 33.8 Å². The summed E-state index contributed by atoms with van der Waals surface area (Å²) in [6.45, 7) is 6.55. The first-order chi connectivity index (χ1) is 32.4. The SMILES string of the molecule is CC/C=C/C=C/C=C/CCCCCCCCCC(=O)NC(COP(=O)([O-])OCC[N+](C)(C)C)C(/C=C/CCCCCCCCCCCC)OC(=O)CCCCCC/C=C/C/C=C/C/C=C/CC. The van der Waals surface area contributed by atoms with Gasteiger partial charge in [-0.15, -0.1) is 0 Å². The van der Waals surface area contributed by atoms with Crippen LogP contribution in [0, 0.1) is 0 Å². The fourth-order valence-corrected chi connectivity index (χ4v) is 7.96. The number of unbranched alkanes of at least 4 members (excludes halogenated alkanes) is 21. The number of nitrogens with zero attached hydrogens (tertiary/aromatic N) is 1. The molecule has 0 aliphatic carbocycles. The van der Waals surface area contributed by atoms with Crippen LogP contribution < -0.4 is 10.2 Å². The van der Waals surface area contributed by atoms with Gasteiger partial charge in [-0.3, -0.25) is 14.2 Å². The van der Waals surface area contributed by atoms with Gasteiger partial charge in [0, 0.05) is 12.8 Å². The van der Waals surface area contributed by atoms with Gasteiger partial charge < -0.3 is 28.5 Å². The minimum Gasteiger partial charge on any atom is -0.756 e. The average molecular weight is 957 g/mol. The standard InChI is InChI=1S/C57H101N2O7P/c1-7-10-13-16-19-22-25-28-30-31-34-37-40-43-46-49-56(60)58-54(53-65-67(62,63)64-52-51-59(4,5)6)55(48-45-42-39-36-33-27-24-21-18-15-12-9-3)66-57(61)50-47-44-41-38-35-32-29-26-23-20-17-14-11-8-2/h10-11,13-14,16,19-20,22-23,25,29,32,45,48,54-55H,7-9,12,15,17-18,21,24,26-28,30-31,33-44,46-47,49-53H2,1-6H3,(H-,58,60,62,63)/b13-10+,14-11+,19-16+,23-20+,25-22+,32-29+,48-45+. The minimum absolute atomic E-state index is 0.0326. The summed E-state index contributed by atoms with van der Waals surface area (Å²) in [5.74, 6) is -0.588. The summed E-state index contributed by atoms with van der Waals surface area (Å²) in [5, 5.41) is 3.00. The van der Waals surface area contributed by atoms with Crippen LogP contribution in [0.25, 0.3) is 0 Å². The van der Waals surface area contributed by atoms with E-state index in [0.29, 0.717) is 23.9 Å². The largest absolute Gasteiger partial charge is 0.756 e. The number of rotatable bonds is 47. The Kier molecular flexibility index (Phi) is 44.9. The van der Waals surface area contributed by atoms with E-state index in [4.69, 9.17) is 13.8 Å². The number of carbonyl (C=O) groups is 2. The zero-order chi connectivity index (χ0) is 49.4. The maximum absolute atomic E-state index is 13.4. The van der Waals surface area contributed by atoms with Gasteiger partial charge in [0.25, 0.3) is 7.82 Å². The van der Waals surface area contributed by atoms with E-state index < -0.39 is 26.6 Å². The van der Waals surface area contributed by atoms with Crippen molar-refractivity contribution >= 4 is 19.7 Å². The molecule has 3 atom stereocenters. The van der Waals surface area contributed by atoms with Gasteiger partial charge in [-0.1, -0.05) is 202 Å². The molecule has 0 aromatic heterocycles. The first-order valence-electron chi connectivity index (χ1n) is 26.9. The number of phosphoric acid groups is 1. The van der Waals surface area contributed by atoms with E-state index in [-0.39, 0.29) is 24.9 Å². The lowest BCUT2D eigenvalue weighted by Gasteiger charge is -2.30. The Labute approximate surface area is 412 Å². The lowest BCUT2D eigenvalue weighted by atomic mass is 10.0. The number of hydrogen-bond acceptors (Lipinski definition) is 7. The van der Waals surface area contributed by atoms with Crippen molar-refractivity contribution in [2.45, 2.75) is 226 Å². The Hall–Kier alpha value is -2.81. The Balaban J connectivity index is 5.46. The van der Waals surface area contributed by atoms with E-state index in [9.17, 15) is 19.0 Å². The van der Waals surface area contributed by atoms with Crippen molar-refractivity contribution in [3.8, 4) is 0 Å². The number of carbonyl (C=O) groups excluding carboxylic acids is 2. The molecule has 386 valence electrons. The summed E-state index contributed by atoms with van der Waals surface area (Å²) in [4.78, 5) is 39.7. The number of allylic oxidation sites excluding steroid dienone is 13. The molecule has 1 N–H and O–H groups in total. The smallest absolute Gasteiger partial charge is 0.306 e. The molecule has 0 aromatic rings. The van der Waals surface area contributed by atoms with Crippen LogP contribution in [0.2, 0.25) is 0 Å². The highest BCUT2D eigenvalue weighted by Gasteiger charge is 2.27. The second kappa shape index (κ2) is 46.9. The topological polar surface area (TPSA) is 114 Å². The molecule has 3 unspecified atom stereocenters. The molecule has 0 aliphatic heterocycles. The fourth-order valence-electron chi connectivity index (χ4n) is 7.24. The molecular formula is C57H101N2O7P. The van der Waals surface area contributed by atoms with Gasteiger partial charge in [0.2, 0.25) is 5.91 Å². The summed E-state index contributed by atoms with van der Waals surface area (Å²) in [7, 11) is 1.15. The van der Waals surface area contributed by atoms with E-state index in [1.807, 2.05) is 33.3 Å². The Morgan fingerprint density at radius 2 is 1.03 bits per heavy atom. The minimum atomic E-state index is -4.70. The summed E-state index contributed by atoms with van der Waals surface area (Å²) in [6, 6.07) is -0.906. The zero-order valence-electron chi connectivity index (χ0n) is 43.8. The lowest BCUT2D eigenvalue weighted by molar-refractivity contribution is -0.870. The Bertz CT molecular complexity index is 1430. The van der Waals surface area contributed by atoms with Gasteiger partial charge >= 0.3 is 5.97 Å². The molecule has 10 heteroatoms. The maximum atomic E-state index is 13.4. The molecule has 0 spiro atoms. The third-order valence-electron chi connectivity index (χ3n) is 11.4. The van der Waals surface area contributed by atoms with Crippen molar-refractivity contribution in [3.05, 3.63) is 85.1 Å². The summed E-state index contributed by atoms with van der Waals surface area (Å²) < 4.78 is 30.1. The van der Waals surface area contributed by atoms with Gasteiger partial charge in [-0.2, -0.15) is 0 Å². The molecule has 0 bridgehead atoms. The van der Waals surface area contributed by atoms with Crippen molar-refractivity contribution in [1.82, 2.24) is 5.32 Å². The number of phosphoric ester groups is 1. The molecule has 1 amide bonds. The normalized spacial score (nSPS) is 14.6. The molecule has 0 aromatic carbocycles. The van der Waals surface area contributed by atoms with Crippen LogP contribution in [-0.2, 0) is 27.9 Å². The highest BCUT2D eigenvalue weighted by Crippen LogP contribution is 2.38. The molecule has 0 heterocycles. The quantitative estimate of drug-likeness (QED) is 0.0161. The number of amides is 1. The monoisotopic (exact) mass is 957 g/mol. The van der Waals surface area contributed by atoms with Crippen LogP contribution in [0.3, 0.4) is 0 Å². The third-order valence-corrected chi connectivity index (χ3v) is 12.3. The molecule has 67 heavy (non-hydrogen) atoms. The molecule has 0 radical (unpaired) electrons. The van der Waals surface area contributed by atoms with Gasteiger partial charge in [-0.05, 0) is 83.1 Å². The third kappa shape index (κ3) is 48.0. The molecule has 9 nitrogen and oxygen atoms in total. The van der Waals surface area contributed by atoms with Gasteiger partial charge in [0.1, 0.15) is 19.3 Å². The predicted octanol–water partition coefficient (Wildman–Crippen LogP) is 15.2. The van der Waals surface area contributed by atoms with E-state index in [0.717, 1.165) is 103 Å². The molecule has 0 rings (SSSR count). The van der Waals surface area contributed by atoms with Crippen molar-refractivity contribution in [1.29, 1.82) is 0 Å². The highest BCUT2D eigenvalue weighted by molar-refractivity contribution is 7.45. The van der Waals surface area contributed by atoms with E-state index in [2.05, 4.69) is 99.0 Å². The Morgan fingerprint density at radius 3 is 1.60 bits per heavy atom. The number of nitrogens with one attached hydrogen (secondary N) is 1. The van der Waals surface area contributed by atoms with Crippen molar-refractivity contribution in [2.24, 2.45) is 0 Å². The molecule has 0 aliphatic rings. The Morgan fingerprint density at radius 1 is 0.552 bits per heavy atom. The van der Waals surface area contributed by atoms with Gasteiger partial charge in [0.15, 0.2) is 0 Å². The van der Waals surface area contributed by atoms with Crippen molar-refractivity contribution in [3.63, 3.8) is 0 Å². The van der Waals surface area contributed by atoms with Crippen LogP contribution in [0.4, 0.5) is 0 Å². The number of likely N-dealkylation sites (N-methyl/N-ethyl adjacent to an activating group) is 1. The highest BCUT2D eigenvalue weighted by atomic mass is 31.2. The summed E-state index contributed by atoms with van der Waals surface area (Å²) in [5.41, 5.74) is 0. The lowest BCUT2D eigenvalue weighted by Crippen LogP contribution is -2.47. The number of quaternary nitrogens is 1. The van der Waals surface area contributed by atoms with E-state index >= 15 is 0 Å². The second-order valence-electron chi connectivity index (χ2n) is 19.0. The molecule has 0 saturated heterocycles. The summed E-state index contributed by atoms with van der Waals surface area (Å²) in [6.07, 6.45) is 59.7. The average Bonchev–Trinajstić information content (AvgIpc) is 3.28. The van der Waals surface area contributed by atoms with E-state index in [1.165, 1.54) is 70.6 Å². The number of esters is 1. The maximum Gasteiger partial charge on any atom is 0.306 e. The van der Waals surface area contributed by atoms with Crippen molar-refractivity contribution in [2.75, 3.05) is 40.9 Å². The van der Waals surface area contributed by atoms with Crippen LogP contribution in [0.15, 0.2) is 85.1 Å². The van der Waals surface area contributed by atoms with Crippen LogP contribution in [0.1, 0.15) is 213 Å². The van der Waals surface area contributed by atoms with E-state index in [1.54, 1.807) is 0 Å². The van der Waals surface area contributed by atoms with Crippen molar-refractivity contribution < 1.29 is 37.3 Å².